The van der Waals surface area contributed by atoms with Crippen LogP contribution in [-0.4, -0.2) is 5.78 Å². The van der Waals surface area contributed by atoms with E-state index in [1.54, 1.807) is 0 Å². The number of rotatable bonds is 4. The zero-order valence-corrected chi connectivity index (χ0v) is 9.61. The molecule has 2 nitrogen and oxygen atoms in total. The zero-order valence-electron chi connectivity index (χ0n) is 8.80. The Morgan fingerprint density at radius 3 is 2.56 bits per heavy atom. The lowest BCUT2D eigenvalue weighted by molar-refractivity contribution is 0.0978. The first-order valence-corrected chi connectivity index (χ1v) is 6.02. The number of Topliss-reactive ketones (excluding diaryl/α,β-unsaturated/α-hetero) is 1. The third-order valence-electron chi connectivity index (χ3n) is 2.43. The number of nitrogens with two attached hydrogens (primary N) is 1. The zero-order chi connectivity index (χ0) is 11.4. The average molecular weight is 231 g/mol. The molecule has 2 N–H and O–H groups in total. The maximum absolute atomic E-state index is 11.8. The molecular weight excluding hydrogens is 218 g/mol. The average Bonchev–Trinajstić information content (AvgIpc) is 2.83. The van der Waals surface area contributed by atoms with Gasteiger partial charge in [0.2, 0.25) is 0 Å². The molecule has 1 aromatic carbocycles. The monoisotopic (exact) mass is 231 g/mol. The van der Waals surface area contributed by atoms with Gasteiger partial charge in [-0.3, -0.25) is 4.79 Å². The molecule has 1 aromatic heterocycles. The van der Waals surface area contributed by atoms with E-state index in [9.17, 15) is 4.79 Å². The van der Waals surface area contributed by atoms with Crippen LogP contribution in [0.4, 0.5) is 0 Å². The highest BCUT2D eigenvalue weighted by molar-refractivity contribution is 7.12. The molecule has 0 spiro atoms. The molecule has 2 rings (SSSR count). The minimum atomic E-state index is -0.212. The van der Waals surface area contributed by atoms with Crippen LogP contribution in [0.3, 0.4) is 0 Å². The fourth-order valence-corrected chi connectivity index (χ4v) is 2.23. The van der Waals surface area contributed by atoms with E-state index in [1.165, 1.54) is 11.3 Å². The summed E-state index contributed by atoms with van der Waals surface area (Å²) in [5, 5.41) is 1.90. The number of ketones is 1. The lowest BCUT2D eigenvalue weighted by Gasteiger charge is -2.09. The molecule has 0 aliphatic heterocycles. The van der Waals surface area contributed by atoms with Gasteiger partial charge in [0.05, 0.1) is 4.88 Å². The second kappa shape index (κ2) is 5.05. The predicted molar refractivity (Wildman–Crippen MR) is 66.6 cm³/mol. The normalized spacial score (nSPS) is 12.3. The Morgan fingerprint density at radius 1 is 1.19 bits per heavy atom. The van der Waals surface area contributed by atoms with Gasteiger partial charge in [-0.25, -0.2) is 0 Å². The van der Waals surface area contributed by atoms with Crippen molar-refractivity contribution in [3.05, 3.63) is 58.3 Å². The van der Waals surface area contributed by atoms with E-state index in [-0.39, 0.29) is 11.8 Å². The summed E-state index contributed by atoms with van der Waals surface area (Å²) in [6.45, 7) is 0. The van der Waals surface area contributed by atoms with Crippen LogP contribution in [-0.2, 0) is 0 Å². The van der Waals surface area contributed by atoms with Crippen molar-refractivity contribution in [2.75, 3.05) is 0 Å². The molecule has 82 valence electrons. The maximum Gasteiger partial charge on any atom is 0.174 e. The third kappa shape index (κ3) is 2.56. The van der Waals surface area contributed by atoms with Crippen LogP contribution in [0.15, 0.2) is 47.8 Å². The Kier molecular flexibility index (Phi) is 3.49. The first-order valence-electron chi connectivity index (χ1n) is 5.14. The maximum atomic E-state index is 11.8. The summed E-state index contributed by atoms with van der Waals surface area (Å²) in [7, 11) is 0. The molecule has 1 atom stereocenters. The summed E-state index contributed by atoms with van der Waals surface area (Å²) >= 11 is 1.46. The van der Waals surface area contributed by atoms with Gasteiger partial charge >= 0.3 is 0 Å². The van der Waals surface area contributed by atoms with Gasteiger partial charge in [-0.1, -0.05) is 36.4 Å². The SMILES string of the molecule is NC(CC(=O)c1cccs1)c1ccccc1. The van der Waals surface area contributed by atoms with Crippen LogP contribution >= 0.6 is 11.3 Å². The summed E-state index contributed by atoms with van der Waals surface area (Å²) < 4.78 is 0. The van der Waals surface area contributed by atoms with E-state index in [2.05, 4.69) is 0 Å². The largest absolute Gasteiger partial charge is 0.324 e. The Labute approximate surface area is 98.7 Å². The van der Waals surface area contributed by atoms with Crippen molar-refractivity contribution in [2.24, 2.45) is 5.73 Å². The number of thiophene rings is 1. The lowest BCUT2D eigenvalue weighted by atomic mass is 10.0. The second-order valence-electron chi connectivity index (χ2n) is 3.62. The van der Waals surface area contributed by atoms with Crippen molar-refractivity contribution < 1.29 is 4.79 Å². The lowest BCUT2D eigenvalue weighted by Crippen LogP contribution is -2.14. The van der Waals surface area contributed by atoms with Gasteiger partial charge in [0.15, 0.2) is 5.78 Å². The van der Waals surface area contributed by atoms with Crippen LogP contribution in [0.5, 0.6) is 0 Å². The van der Waals surface area contributed by atoms with E-state index in [1.807, 2.05) is 47.8 Å². The van der Waals surface area contributed by atoms with E-state index in [0.717, 1.165) is 10.4 Å². The van der Waals surface area contributed by atoms with Crippen LogP contribution in [0.2, 0.25) is 0 Å². The Hall–Kier alpha value is -1.45. The molecule has 0 amide bonds. The molecule has 16 heavy (non-hydrogen) atoms. The van der Waals surface area contributed by atoms with Gasteiger partial charge in [0.25, 0.3) is 0 Å². The van der Waals surface area contributed by atoms with Gasteiger partial charge in [0.1, 0.15) is 0 Å². The second-order valence-corrected chi connectivity index (χ2v) is 4.57. The Balaban J connectivity index is 2.03. The van der Waals surface area contributed by atoms with Crippen LogP contribution in [0, 0.1) is 0 Å². The van der Waals surface area contributed by atoms with Crippen molar-refractivity contribution in [3.8, 4) is 0 Å². The molecule has 1 heterocycles. The number of benzene rings is 1. The minimum absolute atomic E-state index is 0.117. The molecular formula is C13H13NOS. The summed E-state index contributed by atoms with van der Waals surface area (Å²) in [5.41, 5.74) is 6.99. The molecule has 0 bridgehead atoms. The molecule has 0 radical (unpaired) electrons. The van der Waals surface area contributed by atoms with Crippen molar-refractivity contribution in [2.45, 2.75) is 12.5 Å². The third-order valence-corrected chi connectivity index (χ3v) is 3.34. The highest BCUT2D eigenvalue weighted by atomic mass is 32.1. The first kappa shape index (κ1) is 11.0. The van der Waals surface area contributed by atoms with Crippen molar-refractivity contribution in [1.82, 2.24) is 0 Å². The number of carbonyl (C=O) groups is 1. The topological polar surface area (TPSA) is 43.1 Å². The summed E-state index contributed by atoms with van der Waals surface area (Å²) in [6.07, 6.45) is 0.366. The van der Waals surface area contributed by atoms with E-state index < -0.39 is 0 Å². The molecule has 0 aliphatic rings. The van der Waals surface area contributed by atoms with Gasteiger partial charge in [-0.15, -0.1) is 11.3 Å². The highest BCUT2D eigenvalue weighted by Crippen LogP contribution is 2.18. The van der Waals surface area contributed by atoms with Crippen LogP contribution in [0.1, 0.15) is 27.7 Å². The van der Waals surface area contributed by atoms with Gasteiger partial charge < -0.3 is 5.73 Å². The smallest absolute Gasteiger partial charge is 0.174 e. The number of carbonyl (C=O) groups excluding carboxylic acids is 1. The summed E-state index contributed by atoms with van der Waals surface area (Å²) in [6, 6.07) is 13.2. The molecule has 1 unspecified atom stereocenters. The summed E-state index contributed by atoms with van der Waals surface area (Å²) in [4.78, 5) is 12.6. The van der Waals surface area contributed by atoms with Crippen molar-refractivity contribution in [1.29, 1.82) is 0 Å². The molecule has 2 aromatic rings. The predicted octanol–water partition coefficient (Wildman–Crippen LogP) is 3.02. The fraction of sp³-hybridized carbons (Fsp3) is 0.154. The number of hydrogen-bond donors (Lipinski definition) is 1. The highest BCUT2D eigenvalue weighted by Gasteiger charge is 2.13. The quantitative estimate of drug-likeness (QED) is 0.822. The summed E-state index contributed by atoms with van der Waals surface area (Å²) in [5.74, 6) is 0.117. The first-order chi connectivity index (χ1) is 7.77. The van der Waals surface area contributed by atoms with Crippen molar-refractivity contribution >= 4 is 17.1 Å². The van der Waals surface area contributed by atoms with Gasteiger partial charge in [-0.05, 0) is 17.0 Å². The minimum Gasteiger partial charge on any atom is -0.324 e. The van der Waals surface area contributed by atoms with Gasteiger partial charge in [-0.2, -0.15) is 0 Å². The molecule has 3 heteroatoms. The van der Waals surface area contributed by atoms with Crippen LogP contribution in [0.25, 0.3) is 0 Å². The number of hydrogen-bond acceptors (Lipinski definition) is 3. The Morgan fingerprint density at radius 2 is 1.94 bits per heavy atom. The fourth-order valence-electron chi connectivity index (χ4n) is 1.56. The van der Waals surface area contributed by atoms with E-state index in [0.29, 0.717) is 6.42 Å². The van der Waals surface area contributed by atoms with E-state index >= 15 is 0 Å². The van der Waals surface area contributed by atoms with Gasteiger partial charge in [0, 0.05) is 12.5 Å². The Bertz CT molecular complexity index is 450. The van der Waals surface area contributed by atoms with Crippen LogP contribution < -0.4 is 5.73 Å². The molecule has 0 aliphatic carbocycles. The standard InChI is InChI=1S/C13H13NOS/c14-11(10-5-2-1-3-6-10)9-12(15)13-7-4-8-16-13/h1-8,11H,9,14H2. The van der Waals surface area contributed by atoms with Crippen molar-refractivity contribution in [3.63, 3.8) is 0 Å². The molecule has 0 fully saturated rings. The van der Waals surface area contributed by atoms with E-state index in [4.69, 9.17) is 5.73 Å². The molecule has 0 saturated heterocycles. The molecule has 0 saturated carbocycles.